The predicted octanol–water partition coefficient (Wildman–Crippen LogP) is 1.70. The molecule has 1 aromatic rings. The maximum atomic E-state index is 5.22. The van der Waals surface area contributed by atoms with Crippen LogP contribution in [0.5, 0.6) is 0 Å². The van der Waals surface area contributed by atoms with E-state index < -0.39 is 0 Å². The third-order valence-electron chi connectivity index (χ3n) is 2.05. The van der Waals surface area contributed by atoms with Crippen molar-refractivity contribution in [2.45, 2.75) is 13.0 Å². The summed E-state index contributed by atoms with van der Waals surface area (Å²) in [4.78, 5) is 4.13. The van der Waals surface area contributed by atoms with Crippen LogP contribution in [0, 0.1) is 0 Å². The monoisotopic (exact) mass is 241 g/mol. The summed E-state index contributed by atoms with van der Waals surface area (Å²) in [6.45, 7) is 1.61. The molecule has 0 radical (unpaired) electrons. The fourth-order valence-electron chi connectivity index (χ4n) is 1.23. The first-order valence-corrected chi connectivity index (χ1v) is 6.72. The molecule has 0 amide bonds. The summed E-state index contributed by atoms with van der Waals surface area (Å²) in [5, 5.41) is 6.44. The molecule has 1 rings (SSSR count). The first-order valence-electron chi connectivity index (χ1n) is 5.32. The molecule has 16 heavy (non-hydrogen) atoms. The van der Waals surface area contributed by atoms with Crippen molar-refractivity contribution in [2.24, 2.45) is 4.99 Å². The molecule has 0 unspecified atom stereocenters. The molecule has 0 atom stereocenters. The smallest absolute Gasteiger partial charge is 0.191 e. The van der Waals surface area contributed by atoms with E-state index in [2.05, 4.69) is 21.9 Å². The maximum absolute atomic E-state index is 5.22. The minimum atomic E-state index is 0.662. The number of guanidine groups is 1. The zero-order valence-corrected chi connectivity index (χ0v) is 10.6. The minimum absolute atomic E-state index is 0.662. The second-order valence-electron chi connectivity index (χ2n) is 3.28. The largest absolute Gasteiger partial charge is 0.467 e. The number of hydrogen-bond donors (Lipinski definition) is 2. The lowest BCUT2D eigenvalue weighted by atomic mass is 10.4. The van der Waals surface area contributed by atoms with Gasteiger partial charge in [0.1, 0.15) is 5.76 Å². The third kappa shape index (κ3) is 5.11. The van der Waals surface area contributed by atoms with Crippen LogP contribution in [0.2, 0.25) is 0 Å². The Labute approximate surface area is 101 Å². The summed E-state index contributed by atoms with van der Waals surface area (Å²) in [5.41, 5.74) is 0. The van der Waals surface area contributed by atoms with E-state index in [1.54, 1.807) is 13.3 Å². The summed E-state index contributed by atoms with van der Waals surface area (Å²) in [6, 6.07) is 3.82. The van der Waals surface area contributed by atoms with Gasteiger partial charge in [-0.15, -0.1) is 0 Å². The van der Waals surface area contributed by atoms with Crippen molar-refractivity contribution < 1.29 is 4.42 Å². The average Bonchev–Trinajstić information content (AvgIpc) is 2.81. The van der Waals surface area contributed by atoms with E-state index in [1.807, 2.05) is 23.9 Å². The quantitative estimate of drug-likeness (QED) is 0.452. The third-order valence-corrected chi connectivity index (χ3v) is 2.75. The van der Waals surface area contributed by atoms with Crippen LogP contribution in [0.3, 0.4) is 0 Å². The Hall–Kier alpha value is -1.10. The van der Waals surface area contributed by atoms with Gasteiger partial charge in [-0.2, -0.15) is 11.8 Å². The summed E-state index contributed by atoms with van der Waals surface area (Å²) in [6.07, 6.45) is 4.93. The van der Waals surface area contributed by atoms with Gasteiger partial charge in [-0.1, -0.05) is 0 Å². The summed E-state index contributed by atoms with van der Waals surface area (Å²) < 4.78 is 5.22. The van der Waals surface area contributed by atoms with Crippen LogP contribution in [-0.4, -0.2) is 31.6 Å². The van der Waals surface area contributed by atoms with Crippen molar-refractivity contribution in [3.63, 3.8) is 0 Å². The highest BCUT2D eigenvalue weighted by atomic mass is 32.2. The minimum Gasteiger partial charge on any atom is -0.467 e. The molecule has 5 heteroatoms. The summed E-state index contributed by atoms with van der Waals surface area (Å²) >= 11 is 1.86. The van der Waals surface area contributed by atoms with E-state index in [4.69, 9.17) is 4.42 Å². The molecule has 0 saturated carbocycles. The van der Waals surface area contributed by atoms with Gasteiger partial charge in [0, 0.05) is 13.6 Å². The van der Waals surface area contributed by atoms with Crippen LogP contribution in [0.4, 0.5) is 0 Å². The van der Waals surface area contributed by atoms with Crippen molar-refractivity contribution in [1.82, 2.24) is 10.6 Å². The molecule has 2 N–H and O–H groups in total. The van der Waals surface area contributed by atoms with E-state index in [-0.39, 0.29) is 0 Å². The summed E-state index contributed by atoms with van der Waals surface area (Å²) in [5.74, 6) is 2.90. The molecule has 4 nitrogen and oxygen atoms in total. The average molecular weight is 241 g/mol. The van der Waals surface area contributed by atoms with Gasteiger partial charge in [-0.25, -0.2) is 0 Å². The van der Waals surface area contributed by atoms with Gasteiger partial charge in [0.15, 0.2) is 5.96 Å². The van der Waals surface area contributed by atoms with Gasteiger partial charge in [0.05, 0.1) is 12.8 Å². The Morgan fingerprint density at radius 3 is 3.00 bits per heavy atom. The second kappa shape index (κ2) is 8.10. The van der Waals surface area contributed by atoms with Gasteiger partial charge in [0.2, 0.25) is 0 Å². The number of thioether (sulfide) groups is 1. The first-order chi connectivity index (χ1) is 7.86. The fourth-order valence-corrected chi connectivity index (χ4v) is 1.66. The van der Waals surface area contributed by atoms with E-state index >= 15 is 0 Å². The van der Waals surface area contributed by atoms with Crippen molar-refractivity contribution in [3.8, 4) is 0 Å². The molecule has 0 aliphatic heterocycles. The fraction of sp³-hybridized carbons (Fsp3) is 0.545. The lowest BCUT2D eigenvalue weighted by molar-refractivity contribution is 0.501. The Bertz CT molecular complexity index is 298. The predicted molar refractivity (Wildman–Crippen MR) is 69.9 cm³/mol. The number of nitrogens with zero attached hydrogens (tertiary/aromatic N) is 1. The van der Waals surface area contributed by atoms with Crippen LogP contribution in [0.1, 0.15) is 12.2 Å². The van der Waals surface area contributed by atoms with Crippen LogP contribution in [0.15, 0.2) is 27.8 Å². The molecular weight excluding hydrogens is 222 g/mol. The van der Waals surface area contributed by atoms with Crippen LogP contribution in [-0.2, 0) is 6.54 Å². The zero-order valence-electron chi connectivity index (χ0n) is 9.82. The number of rotatable bonds is 6. The number of nitrogens with one attached hydrogen (secondary N) is 2. The van der Waals surface area contributed by atoms with Gasteiger partial charge in [0.25, 0.3) is 0 Å². The lowest BCUT2D eigenvalue weighted by Gasteiger charge is -2.10. The summed E-state index contributed by atoms with van der Waals surface area (Å²) in [7, 11) is 1.77. The van der Waals surface area contributed by atoms with E-state index in [1.165, 1.54) is 5.75 Å². The Morgan fingerprint density at radius 2 is 2.38 bits per heavy atom. The molecule has 0 spiro atoms. The Morgan fingerprint density at radius 1 is 1.50 bits per heavy atom. The van der Waals surface area contributed by atoms with Crippen LogP contribution < -0.4 is 10.6 Å². The molecule has 0 aliphatic carbocycles. The van der Waals surface area contributed by atoms with Gasteiger partial charge >= 0.3 is 0 Å². The van der Waals surface area contributed by atoms with Gasteiger partial charge < -0.3 is 15.1 Å². The van der Waals surface area contributed by atoms with E-state index in [0.29, 0.717) is 6.54 Å². The number of aliphatic imine (C=N–C) groups is 1. The molecular formula is C11H19N3OS. The highest BCUT2D eigenvalue weighted by Gasteiger charge is 1.98. The van der Waals surface area contributed by atoms with Crippen molar-refractivity contribution in [3.05, 3.63) is 24.2 Å². The molecule has 0 saturated heterocycles. The molecule has 90 valence electrons. The molecule has 0 bridgehead atoms. The van der Waals surface area contributed by atoms with Gasteiger partial charge in [-0.05, 0) is 30.6 Å². The highest BCUT2D eigenvalue weighted by Crippen LogP contribution is 1.98. The standard InChI is InChI=1S/C11H19N3OS/c1-12-11(13-6-4-8-16-2)14-9-10-5-3-7-15-10/h3,5,7H,4,6,8-9H2,1-2H3,(H2,12,13,14). The Balaban J connectivity index is 2.17. The number of furan rings is 1. The van der Waals surface area contributed by atoms with Gasteiger partial charge in [-0.3, -0.25) is 4.99 Å². The molecule has 0 aliphatic rings. The zero-order chi connectivity index (χ0) is 11.6. The van der Waals surface area contributed by atoms with Crippen molar-refractivity contribution >= 4 is 17.7 Å². The normalized spacial score (nSPS) is 11.5. The Kier molecular flexibility index (Phi) is 6.56. The molecule has 1 aromatic heterocycles. The first kappa shape index (κ1) is 13.0. The van der Waals surface area contributed by atoms with Crippen LogP contribution >= 0.6 is 11.8 Å². The SMILES string of the molecule is CN=C(NCCCSC)NCc1ccco1. The van der Waals surface area contributed by atoms with E-state index in [0.717, 1.165) is 24.7 Å². The topological polar surface area (TPSA) is 49.6 Å². The highest BCUT2D eigenvalue weighted by molar-refractivity contribution is 7.98. The lowest BCUT2D eigenvalue weighted by Crippen LogP contribution is -2.37. The van der Waals surface area contributed by atoms with Crippen LogP contribution in [0.25, 0.3) is 0 Å². The van der Waals surface area contributed by atoms with E-state index in [9.17, 15) is 0 Å². The molecule has 0 fully saturated rings. The van der Waals surface area contributed by atoms with Crippen molar-refractivity contribution in [1.29, 1.82) is 0 Å². The maximum Gasteiger partial charge on any atom is 0.191 e. The molecule has 1 heterocycles. The number of hydrogen-bond acceptors (Lipinski definition) is 3. The molecule has 0 aromatic carbocycles. The van der Waals surface area contributed by atoms with Crippen molar-refractivity contribution in [2.75, 3.05) is 25.6 Å². The second-order valence-corrected chi connectivity index (χ2v) is 4.26.